The molecule has 5 nitrogen and oxygen atoms in total. The number of hydrogen-bond donors (Lipinski definition) is 1. The van der Waals surface area contributed by atoms with E-state index in [2.05, 4.69) is 15.5 Å². The van der Waals surface area contributed by atoms with Gasteiger partial charge in [-0.15, -0.1) is 10.2 Å². The lowest BCUT2D eigenvalue weighted by molar-refractivity contribution is -0.123. The Labute approximate surface area is 128 Å². The predicted molar refractivity (Wildman–Crippen MR) is 84.6 cm³/mol. The van der Waals surface area contributed by atoms with Crippen LogP contribution in [0.1, 0.15) is 27.7 Å². The van der Waals surface area contributed by atoms with Crippen LogP contribution < -0.4 is 10.1 Å². The molecule has 1 amide bonds. The molecule has 1 aromatic carbocycles. The van der Waals surface area contributed by atoms with Gasteiger partial charge in [-0.3, -0.25) is 4.79 Å². The van der Waals surface area contributed by atoms with E-state index in [1.807, 2.05) is 52.0 Å². The fourth-order valence-corrected chi connectivity index (χ4v) is 2.28. The number of nitrogens with zero attached hydrogens (tertiary/aromatic N) is 2. The second kappa shape index (κ2) is 6.22. The van der Waals surface area contributed by atoms with Crippen LogP contribution in [0, 0.1) is 5.41 Å². The summed E-state index contributed by atoms with van der Waals surface area (Å²) in [5.74, 6) is 0.754. The third-order valence-electron chi connectivity index (χ3n) is 2.74. The van der Waals surface area contributed by atoms with E-state index in [4.69, 9.17) is 4.74 Å². The number of nitrogens with one attached hydrogen (secondary N) is 1. The average molecular weight is 305 g/mol. The van der Waals surface area contributed by atoms with Gasteiger partial charge in [0.2, 0.25) is 11.0 Å². The first-order chi connectivity index (χ1) is 9.90. The molecule has 2 aromatic rings. The van der Waals surface area contributed by atoms with Crippen molar-refractivity contribution in [2.75, 3.05) is 11.9 Å². The maximum Gasteiger partial charge on any atom is 0.231 e. The molecule has 0 saturated carbocycles. The minimum Gasteiger partial charge on any atom is -0.494 e. The fraction of sp³-hybridized carbons (Fsp3) is 0.400. The highest BCUT2D eigenvalue weighted by atomic mass is 32.1. The Bertz CT molecular complexity index is 615. The van der Waals surface area contributed by atoms with E-state index in [0.29, 0.717) is 11.7 Å². The summed E-state index contributed by atoms with van der Waals surface area (Å²) in [6.07, 6.45) is 0. The number of carbonyl (C=O) groups is 1. The topological polar surface area (TPSA) is 64.1 Å². The highest BCUT2D eigenvalue weighted by molar-refractivity contribution is 7.18. The summed E-state index contributed by atoms with van der Waals surface area (Å²) in [5.41, 5.74) is 0.498. The Hall–Kier alpha value is -1.95. The van der Waals surface area contributed by atoms with Crippen LogP contribution >= 0.6 is 11.3 Å². The van der Waals surface area contributed by atoms with Crippen LogP contribution in [0.3, 0.4) is 0 Å². The highest BCUT2D eigenvalue weighted by Crippen LogP contribution is 2.28. The summed E-state index contributed by atoms with van der Waals surface area (Å²) >= 11 is 1.35. The molecule has 0 radical (unpaired) electrons. The summed E-state index contributed by atoms with van der Waals surface area (Å²) in [6, 6.07) is 7.66. The Kier molecular flexibility index (Phi) is 4.57. The Balaban J connectivity index is 2.10. The molecule has 0 bridgehead atoms. The van der Waals surface area contributed by atoms with Crippen LogP contribution in [-0.4, -0.2) is 22.7 Å². The molecule has 21 heavy (non-hydrogen) atoms. The molecule has 0 aliphatic carbocycles. The first-order valence-electron chi connectivity index (χ1n) is 6.78. The van der Waals surface area contributed by atoms with Crippen LogP contribution in [0.25, 0.3) is 10.6 Å². The van der Waals surface area contributed by atoms with E-state index < -0.39 is 5.41 Å². The monoisotopic (exact) mass is 305 g/mol. The van der Waals surface area contributed by atoms with Crippen LogP contribution in [0.4, 0.5) is 5.13 Å². The molecule has 2 rings (SSSR count). The molecule has 112 valence electrons. The number of benzene rings is 1. The van der Waals surface area contributed by atoms with E-state index in [1.54, 1.807) is 0 Å². The molecular weight excluding hydrogens is 286 g/mol. The van der Waals surface area contributed by atoms with Crippen molar-refractivity contribution in [3.8, 4) is 16.3 Å². The van der Waals surface area contributed by atoms with Gasteiger partial charge in [0.15, 0.2) is 0 Å². The second-order valence-corrected chi connectivity index (χ2v) is 6.55. The van der Waals surface area contributed by atoms with Gasteiger partial charge in [-0.25, -0.2) is 0 Å². The van der Waals surface area contributed by atoms with Gasteiger partial charge in [-0.05, 0) is 31.2 Å². The number of amides is 1. The molecule has 0 spiro atoms. The number of rotatable bonds is 4. The van der Waals surface area contributed by atoms with Gasteiger partial charge in [0.25, 0.3) is 0 Å². The van der Waals surface area contributed by atoms with Gasteiger partial charge in [-0.1, -0.05) is 32.1 Å². The minimum atomic E-state index is -0.453. The first-order valence-corrected chi connectivity index (χ1v) is 7.60. The molecule has 1 heterocycles. The standard InChI is InChI=1S/C15H19N3O2S/c1-5-20-11-8-6-10(7-9-11)12-17-18-14(21-12)16-13(19)15(2,3)4/h6-9H,5H2,1-4H3,(H,16,18,19). The number of ether oxygens (including phenoxy) is 1. The summed E-state index contributed by atoms with van der Waals surface area (Å²) < 4.78 is 5.40. The molecule has 0 atom stereocenters. The van der Waals surface area contributed by atoms with E-state index in [9.17, 15) is 4.79 Å². The van der Waals surface area contributed by atoms with Crippen molar-refractivity contribution in [2.45, 2.75) is 27.7 Å². The number of carbonyl (C=O) groups excluding carboxylic acids is 1. The predicted octanol–water partition coefficient (Wildman–Crippen LogP) is 3.59. The Morgan fingerprint density at radius 1 is 1.24 bits per heavy atom. The number of anilines is 1. The van der Waals surface area contributed by atoms with Gasteiger partial charge in [0.05, 0.1) is 6.61 Å². The molecule has 0 aliphatic heterocycles. The highest BCUT2D eigenvalue weighted by Gasteiger charge is 2.22. The fourth-order valence-electron chi connectivity index (χ4n) is 1.54. The zero-order chi connectivity index (χ0) is 15.5. The average Bonchev–Trinajstić information content (AvgIpc) is 2.87. The largest absolute Gasteiger partial charge is 0.494 e. The van der Waals surface area contributed by atoms with Gasteiger partial charge in [0, 0.05) is 11.0 Å². The quantitative estimate of drug-likeness (QED) is 0.937. The van der Waals surface area contributed by atoms with Crippen molar-refractivity contribution in [3.05, 3.63) is 24.3 Å². The Morgan fingerprint density at radius 3 is 2.48 bits per heavy atom. The second-order valence-electron chi connectivity index (χ2n) is 5.57. The first kappa shape index (κ1) is 15.4. The normalized spacial score (nSPS) is 11.2. The van der Waals surface area contributed by atoms with E-state index in [-0.39, 0.29) is 5.91 Å². The molecule has 1 N–H and O–H groups in total. The summed E-state index contributed by atoms with van der Waals surface area (Å²) in [7, 11) is 0. The third-order valence-corrected chi connectivity index (χ3v) is 3.63. The van der Waals surface area contributed by atoms with E-state index in [1.165, 1.54) is 11.3 Å². The molecule has 0 fully saturated rings. The molecule has 1 aromatic heterocycles. The smallest absolute Gasteiger partial charge is 0.231 e. The molecule has 0 saturated heterocycles. The maximum absolute atomic E-state index is 11.9. The van der Waals surface area contributed by atoms with Crippen molar-refractivity contribution >= 4 is 22.4 Å². The van der Waals surface area contributed by atoms with Crippen molar-refractivity contribution in [1.29, 1.82) is 0 Å². The lowest BCUT2D eigenvalue weighted by atomic mass is 9.96. The number of hydrogen-bond acceptors (Lipinski definition) is 5. The van der Waals surface area contributed by atoms with Gasteiger partial charge in [-0.2, -0.15) is 0 Å². The maximum atomic E-state index is 11.9. The van der Waals surface area contributed by atoms with Gasteiger partial charge in [0.1, 0.15) is 10.8 Å². The van der Waals surface area contributed by atoms with Crippen LogP contribution in [0.2, 0.25) is 0 Å². The summed E-state index contributed by atoms with van der Waals surface area (Å²) in [6.45, 7) is 8.16. The molecule has 6 heteroatoms. The van der Waals surface area contributed by atoms with Crippen LogP contribution in [0.5, 0.6) is 5.75 Å². The summed E-state index contributed by atoms with van der Waals surface area (Å²) in [4.78, 5) is 11.9. The van der Waals surface area contributed by atoms with E-state index in [0.717, 1.165) is 16.3 Å². The Morgan fingerprint density at radius 2 is 1.90 bits per heavy atom. The third kappa shape index (κ3) is 4.01. The SMILES string of the molecule is CCOc1ccc(-c2nnc(NC(=O)C(C)(C)C)s2)cc1. The van der Waals surface area contributed by atoms with Crippen molar-refractivity contribution in [1.82, 2.24) is 10.2 Å². The van der Waals surface area contributed by atoms with Crippen molar-refractivity contribution < 1.29 is 9.53 Å². The van der Waals surface area contributed by atoms with Crippen molar-refractivity contribution in [2.24, 2.45) is 5.41 Å². The van der Waals surface area contributed by atoms with Crippen molar-refractivity contribution in [3.63, 3.8) is 0 Å². The molecule has 0 aliphatic rings. The molecular formula is C15H19N3O2S. The van der Waals surface area contributed by atoms with Crippen LogP contribution in [0.15, 0.2) is 24.3 Å². The van der Waals surface area contributed by atoms with E-state index >= 15 is 0 Å². The molecule has 0 unspecified atom stereocenters. The minimum absolute atomic E-state index is 0.0723. The van der Waals surface area contributed by atoms with Gasteiger partial charge < -0.3 is 10.1 Å². The summed E-state index contributed by atoms with van der Waals surface area (Å²) in [5, 5.41) is 12.2. The lowest BCUT2D eigenvalue weighted by Crippen LogP contribution is -2.27. The van der Waals surface area contributed by atoms with Crippen LogP contribution in [-0.2, 0) is 4.79 Å². The zero-order valence-electron chi connectivity index (χ0n) is 12.6. The lowest BCUT2D eigenvalue weighted by Gasteiger charge is -2.15. The van der Waals surface area contributed by atoms with Gasteiger partial charge >= 0.3 is 0 Å². The zero-order valence-corrected chi connectivity index (χ0v) is 13.5. The number of aromatic nitrogens is 2.